The maximum Gasteiger partial charge on any atom is 0.186 e. The number of ketones is 1. The molecule has 1 spiro atoms. The molecule has 17 atom stereocenters. The van der Waals surface area contributed by atoms with Crippen molar-refractivity contribution in [1.29, 1.82) is 0 Å². The normalized spacial score (nSPS) is 59.2. The summed E-state index contributed by atoms with van der Waals surface area (Å²) in [6.45, 7) is 9.46. The molecule has 0 aromatic heterocycles. The van der Waals surface area contributed by atoms with E-state index < -0.39 is 43.1 Å². The van der Waals surface area contributed by atoms with Crippen LogP contribution in [-0.4, -0.2) is 88.1 Å². The van der Waals surface area contributed by atoms with E-state index in [1.807, 2.05) is 0 Å². The van der Waals surface area contributed by atoms with Crippen molar-refractivity contribution in [3.8, 4) is 0 Å². The number of hydrogen-bond donors (Lipinski definition) is 4. The molecule has 3 heterocycles. The van der Waals surface area contributed by atoms with E-state index in [2.05, 4.69) is 27.7 Å². The van der Waals surface area contributed by atoms with Gasteiger partial charge >= 0.3 is 0 Å². The maximum atomic E-state index is 14.3. The zero-order chi connectivity index (χ0) is 29.8. The van der Waals surface area contributed by atoms with E-state index in [0.717, 1.165) is 58.0 Å². The van der Waals surface area contributed by atoms with E-state index in [9.17, 15) is 25.2 Å². The van der Waals surface area contributed by atoms with Gasteiger partial charge in [-0.25, -0.2) is 0 Å². The highest BCUT2D eigenvalue weighted by Crippen LogP contribution is 2.70. The number of carbonyl (C=O) groups excluding carboxylic acids is 1. The van der Waals surface area contributed by atoms with E-state index in [1.54, 1.807) is 0 Å². The molecule has 7 rings (SSSR count). The molecular weight excluding hydrogens is 540 g/mol. The maximum absolute atomic E-state index is 14.3. The summed E-state index contributed by atoms with van der Waals surface area (Å²) in [6, 6.07) is 0. The number of carbonyl (C=O) groups is 1. The Labute approximate surface area is 249 Å². The molecule has 4 saturated carbocycles. The van der Waals surface area contributed by atoms with E-state index in [0.29, 0.717) is 41.8 Å². The van der Waals surface area contributed by atoms with Crippen molar-refractivity contribution in [2.75, 3.05) is 13.2 Å². The fraction of sp³-hybridized carbons (Fsp3) is 0.970. The molecule has 42 heavy (non-hydrogen) atoms. The van der Waals surface area contributed by atoms with Crippen LogP contribution in [0.25, 0.3) is 0 Å². The zero-order valence-corrected chi connectivity index (χ0v) is 25.7. The molecule has 0 bridgehead atoms. The van der Waals surface area contributed by atoms with Gasteiger partial charge in [-0.1, -0.05) is 27.7 Å². The summed E-state index contributed by atoms with van der Waals surface area (Å²) in [4.78, 5) is 14.3. The molecule has 7 fully saturated rings. The second kappa shape index (κ2) is 10.4. The van der Waals surface area contributed by atoms with Gasteiger partial charge in [0.15, 0.2) is 12.1 Å². The summed E-state index contributed by atoms with van der Waals surface area (Å²) >= 11 is 0. The third-order valence-corrected chi connectivity index (χ3v) is 13.9. The first-order chi connectivity index (χ1) is 19.9. The average molecular weight is 593 g/mol. The van der Waals surface area contributed by atoms with Crippen LogP contribution in [0.5, 0.6) is 0 Å². The lowest BCUT2D eigenvalue weighted by atomic mass is 9.44. The topological polar surface area (TPSA) is 135 Å². The minimum Gasteiger partial charge on any atom is -0.394 e. The monoisotopic (exact) mass is 592 g/mol. The van der Waals surface area contributed by atoms with Crippen molar-refractivity contribution >= 4 is 5.78 Å². The molecule has 0 aromatic carbocycles. The summed E-state index contributed by atoms with van der Waals surface area (Å²) in [5.41, 5.74) is -0.309. The van der Waals surface area contributed by atoms with Crippen molar-refractivity contribution in [2.24, 2.45) is 52.3 Å². The van der Waals surface area contributed by atoms with Crippen molar-refractivity contribution in [3.05, 3.63) is 0 Å². The lowest BCUT2D eigenvalue weighted by Gasteiger charge is -2.60. The summed E-state index contributed by atoms with van der Waals surface area (Å²) in [6.07, 6.45) is 2.04. The number of aliphatic hydroxyl groups excluding tert-OH is 4. The van der Waals surface area contributed by atoms with Gasteiger partial charge in [0.1, 0.15) is 30.2 Å². The van der Waals surface area contributed by atoms with Gasteiger partial charge in [0.2, 0.25) is 0 Å². The summed E-state index contributed by atoms with van der Waals surface area (Å²) in [5, 5.41) is 40.4. The number of Topliss-reactive ketones (excluding diaryl/α,β-unsaturated/α-hetero) is 1. The zero-order valence-electron chi connectivity index (χ0n) is 25.7. The summed E-state index contributed by atoms with van der Waals surface area (Å²) in [5.74, 6) is 2.52. The molecule has 3 aliphatic heterocycles. The molecule has 4 aliphatic carbocycles. The van der Waals surface area contributed by atoms with Crippen LogP contribution in [0.3, 0.4) is 0 Å². The lowest BCUT2D eigenvalue weighted by Crippen LogP contribution is -2.60. The molecule has 238 valence electrons. The Balaban J connectivity index is 1.05. The molecule has 0 radical (unpaired) electrons. The van der Waals surface area contributed by atoms with Gasteiger partial charge in [0.25, 0.3) is 0 Å². The molecule has 3 saturated heterocycles. The van der Waals surface area contributed by atoms with Gasteiger partial charge in [-0.15, -0.1) is 0 Å². The third kappa shape index (κ3) is 4.20. The molecule has 0 amide bonds. The third-order valence-electron chi connectivity index (χ3n) is 13.9. The second-order valence-corrected chi connectivity index (χ2v) is 15.8. The second-order valence-electron chi connectivity index (χ2n) is 15.8. The van der Waals surface area contributed by atoms with Crippen LogP contribution < -0.4 is 0 Å². The van der Waals surface area contributed by atoms with Crippen LogP contribution in [-0.2, 0) is 23.7 Å². The van der Waals surface area contributed by atoms with Gasteiger partial charge in [-0.05, 0) is 80.0 Å². The van der Waals surface area contributed by atoms with Gasteiger partial charge in [-0.2, -0.15) is 0 Å². The van der Waals surface area contributed by atoms with E-state index in [-0.39, 0.29) is 34.9 Å². The highest BCUT2D eigenvalue weighted by atomic mass is 16.7. The quantitative estimate of drug-likeness (QED) is 0.365. The number of ether oxygens (including phenoxy) is 4. The van der Waals surface area contributed by atoms with Gasteiger partial charge in [0, 0.05) is 30.1 Å². The highest BCUT2D eigenvalue weighted by molar-refractivity contribution is 5.87. The first-order valence-corrected chi connectivity index (χ1v) is 16.7. The first kappa shape index (κ1) is 30.0. The van der Waals surface area contributed by atoms with E-state index >= 15 is 0 Å². The predicted octanol–water partition coefficient (Wildman–Crippen LogP) is 2.80. The van der Waals surface area contributed by atoms with Crippen LogP contribution in [0, 0.1) is 52.3 Å². The number of aliphatic hydroxyl groups is 4. The molecule has 9 nitrogen and oxygen atoms in total. The fourth-order valence-corrected chi connectivity index (χ4v) is 11.4. The fourth-order valence-electron chi connectivity index (χ4n) is 11.4. The average Bonchev–Trinajstić information content (AvgIpc) is 3.42. The van der Waals surface area contributed by atoms with Crippen molar-refractivity contribution in [3.63, 3.8) is 0 Å². The largest absolute Gasteiger partial charge is 0.394 e. The molecule has 9 heteroatoms. The van der Waals surface area contributed by atoms with Crippen molar-refractivity contribution in [2.45, 2.75) is 134 Å². The Hall–Kier alpha value is -0.650. The van der Waals surface area contributed by atoms with E-state index in [1.165, 1.54) is 0 Å². The number of fused-ring (bicyclic) bond motifs is 7. The molecule has 7 unspecified atom stereocenters. The molecular formula is C33H52O9. The minimum atomic E-state index is -1.44. The number of rotatable bonds is 3. The first-order valence-electron chi connectivity index (χ1n) is 16.7. The molecule has 0 aromatic rings. The Kier molecular flexibility index (Phi) is 7.47. The predicted molar refractivity (Wildman–Crippen MR) is 151 cm³/mol. The Morgan fingerprint density at radius 2 is 1.74 bits per heavy atom. The Morgan fingerprint density at radius 3 is 2.45 bits per heavy atom. The lowest BCUT2D eigenvalue weighted by molar-refractivity contribution is -0.316. The van der Waals surface area contributed by atoms with Crippen LogP contribution in [0.15, 0.2) is 0 Å². The van der Waals surface area contributed by atoms with Crippen LogP contribution in [0.1, 0.15) is 85.5 Å². The summed E-state index contributed by atoms with van der Waals surface area (Å²) < 4.78 is 25.1. The molecule has 7 aliphatic rings. The van der Waals surface area contributed by atoms with Crippen LogP contribution in [0.2, 0.25) is 0 Å². The van der Waals surface area contributed by atoms with Crippen LogP contribution in [0.4, 0.5) is 0 Å². The van der Waals surface area contributed by atoms with Crippen molar-refractivity contribution < 1.29 is 44.2 Å². The molecule has 4 N–H and O–H groups in total. The Bertz CT molecular complexity index is 1040. The Morgan fingerprint density at radius 1 is 0.952 bits per heavy atom. The van der Waals surface area contributed by atoms with Crippen LogP contribution >= 0.6 is 0 Å². The van der Waals surface area contributed by atoms with E-state index in [4.69, 9.17) is 18.9 Å². The van der Waals surface area contributed by atoms with Gasteiger partial charge in [-0.3, -0.25) is 4.79 Å². The summed E-state index contributed by atoms with van der Waals surface area (Å²) in [7, 11) is 0. The number of hydrogen-bond acceptors (Lipinski definition) is 9. The van der Waals surface area contributed by atoms with Gasteiger partial charge < -0.3 is 39.4 Å². The van der Waals surface area contributed by atoms with Crippen molar-refractivity contribution in [1.82, 2.24) is 0 Å². The highest BCUT2D eigenvalue weighted by Gasteiger charge is 2.71. The standard InChI is InChI=1S/C33H52O9/c1-16-7-10-33(39-15-16)17(2)26-23(42-33)12-22-20-6-5-18-11-19(40-30-29(38)28(37)27(36)24(14-34)41-30)8-9-31(18,3)21(20)13-25(35)32(22,26)4/h16-24,26-30,34,36-38H,5-15H2,1-4H3/t16-,17+,18+,19?,20?,21?,22?,23?,24-,26?,27+,28+,29-,30-,31+,32-,33?/m1/s1. The minimum absolute atomic E-state index is 0.0448. The smallest absolute Gasteiger partial charge is 0.186 e. The van der Waals surface area contributed by atoms with Gasteiger partial charge in [0.05, 0.1) is 25.4 Å². The SMILES string of the molecule is C[C@@H]1CCC2(OC1)OC1CC3C4CC[C@H]5CC(O[C@@H]6O[C@H](CO)[C@H](O)[C@H](O)[C@H]6O)CC[C@]5(C)C4CC(=O)[C@]3(C)C1[C@@H]2C.